The highest BCUT2D eigenvalue weighted by Gasteiger charge is 2.31. The first kappa shape index (κ1) is 17.0. The molecule has 1 atom stereocenters. The fraction of sp³-hybridized carbons (Fsp3) is 0.476. The van der Waals surface area contributed by atoms with E-state index >= 15 is 0 Å². The van der Waals surface area contributed by atoms with E-state index in [1.54, 1.807) is 6.07 Å². The first-order chi connectivity index (χ1) is 12.6. The second-order valence-electron chi connectivity index (χ2n) is 7.56. The smallest absolute Gasteiger partial charge is 0.251 e. The quantitative estimate of drug-likeness (QED) is 0.904. The third kappa shape index (κ3) is 3.43. The van der Waals surface area contributed by atoms with Crippen LogP contribution in [0.25, 0.3) is 0 Å². The lowest BCUT2D eigenvalue weighted by molar-refractivity contribution is -0.137. The number of carbonyl (C=O) groups excluding carboxylic acids is 1. The molecule has 0 radical (unpaired) electrons. The third-order valence-electron chi connectivity index (χ3n) is 5.80. The van der Waals surface area contributed by atoms with Gasteiger partial charge >= 0.3 is 0 Å². The van der Waals surface area contributed by atoms with Crippen molar-refractivity contribution in [1.29, 1.82) is 0 Å². The van der Waals surface area contributed by atoms with E-state index < -0.39 is 0 Å². The van der Waals surface area contributed by atoms with Crippen molar-refractivity contribution in [3.05, 3.63) is 63.3 Å². The molecule has 4 rings (SSSR count). The Labute approximate surface area is 153 Å². The van der Waals surface area contributed by atoms with Crippen LogP contribution in [0, 0.1) is 12.8 Å². The summed E-state index contributed by atoms with van der Waals surface area (Å²) in [5.74, 6) is 1.34. The van der Waals surface area contributed by atoms with Gasteiger partial charge in [0, 0.05) is 31.0 Å². The normalized spacial score (nSPS) is 20.7. The molecule has 2 heterocycles. The SMILES string of the molecule is Cc1nc(C2CCN(C(=O)C3CCc4ccccc4C3)CC2)cc(=O)[nH]1. The maximum absolute atomic E-state index is 13.0. The zero-order valence-electron chi connectivity index (χ0n) is 15.2. The van der Waals surface area contributed by atoms with E-state index in [2.05, 4.69) is 34.2 Å². The van der Waals surface area contributed by atoms with Crippen LogP contribution in [0.1, 0.15) is 47.8 Å². The van der Waals surface area contributed by atoms with Crippen molar-refractivity contribution in [3.63, 3.8) is 0 Å². The fourth-order valence-corrected chi connectivity index (χ4v) is 4.37. The molecular weight excluding hydrogens is 326 g/mol. The van der Waals surface area contributed by atoms with Gasteiger partial charge in [-0.25, -0.2) is 4.98 Å². The molecule has 1 aromatic carbocycles. The maximum atomic E-state index is 13.0. The van der Waals surface area contributed by atoms with Crippen LogP contribution in [0.4, 0.5) is 0 Å². The topological polar surface area (TPSA) is 66.1 Å². The number of hydrogen-bond acceptors (Lipinski definition) is 3. The Morgan fingerprint density at radius 1 is 1.15 bits per heavy atom. The Bertz CT molecular complexity index is 866. The van der Waals surface area contributed by atoms with Gasteiger partial charge in [-0.1, -0.05) is 24.3 Å². The maximum Gasteiger partial charge on any atom is 0.251 e. The van der Waals surface area contributed by atoms with Gasteiger partial charge in [0.05, 0.1) is 5.69 Å². The van der Waals surface area contributed by atoms with Crippen LogP contribution in [0.5, 0.6) is 0 Å². The summed E-state index contributed by atoms with van der Waals surface area (Å²) in [6, 6.07) is 10.1. The molecule has 1 aliphatic heterocycles. The number of nitrogens with zero attached hydrogens (tertiary/aromatic N) is 2. The summed E-state index contributed by atoms with van der Waals surface area (Å²) in [6.07, 6.45) is 4.57. The van der Waals surface area contributed by atoms with Gasteiger partial charge in [-0.05, 0) is 50.2 Å². The molecule has 1 fully saturated rings. The van der Waals surface area contributed by atoms with E-state index in [1.165, 1.54) is 11.1 Å². The van der Waals surface area contributed by atoms with Crippen molar-refractivity contribution in [2.75, 3.05) is 13.1 Å². The number of benzene rings is 1. The minimum atomic E-state index is -0.0909. The predicted molar refractivity (Wildman–Crippen MR) is 100 cm³/mol. The highest BCUT2D eigenvalue weighted by Crippen LogP contribution is 2.30. The van der Waals surface area contributed by atoms with Crippen molar-refractivity contribution >= 4 is 5.91 Å². The highest BCUT2D eigenvalue weighted by atomic mass is 16.2. The van der Waals surface area contributed by atoms with Crippen molar-refractivity contribution in [1.82, 2.24) is 14.9 Å². The number of fused-ring (bicyclic) bond motifs is 1. The average molecular weight is 351 g/mol. The lowest BCUT2D eigenvalue weighted by Crippen LogP contribution is -2.43. The van der Waals surface area contributed by atoms with Gasteiger partial charge in [-0.2, -0.15) is 0 Å². The number of amides is 1. The van der Waals surface area contributed by atoms with Crippen LogP contribution in [0.2, 0.25) is 0 Å². The van der Waals surface area contributed by atoms with Gasteiger partial charge in [-0.15, -0.1) is 0 Å². The molecule has 1 saturated heterocycles. The van der Waals surface area contributed by atoms with Crippen LogP contribution in [0.3, 0.4) is 0 Å². The second-order valence-corrected chi connectivity index (χ2v) is 7.56. The molecule has 1 aromatic heterocycles. The van der Waals surface area contributed by atoms with E-state index in [1.807, 2.05) is 11.8 Å². The minimum absolute atomic E-state index is 0.0909. The van der Waals surface area contributed by atoms with Crippen LogP contribution >= 0.6 is 0 Å². The fourth-order valence-electron chi connectivity index (χ4n) is 4.37. The third-order valence-corrected chi connectivity index (χ3v) is 5.80. The molecule has 0 saturated carbocycles. The van der Waals surface area contributed by atoms with Gasteiger partial charge in [-0.3, -0.25) is 9.59 Å². The number of aromatic nitrogens is 2. The summed E-state index contributed by atoms with van der Waals surface area (Å²) >= 11 is 0. The van der Waals surface area contributed by atoms with Gasteiger partial charge in [0.15, 0.2) is 0 Å². The number of carbonyl (C=O) groups is 1. The molecule has 1 unspecified atom stereocenters. The van der Waals surface area contributed by atoms with E-state index in [0.29, 0.717) is 11.7 Å². The monoisotopic (exact) mass is 351 g/mol. The number of H-pyrrole nitrogens is 1. The van der Waals surface area contributed by atoms with Crippen molar-refractivity contribution in [3.8, 4) is 0 Å². The molecule has 5 nitrogen and oxygen atoms in total. The summed E-state index contributed by atoms with van der Waals surface area (Å²) in [5, 5.41) is 0. The number of piperidine rings is 1. The number of likely N-dealkylation sites (tertiary alicyclic amines) is 1. The molecule has 1 aliphatic carbocycles. The van der Waals surface area contributed by atoms with Gasteiger partial charge in [0.1, 0.15) is 5.82 Å². The Hall–Kier alpha value is -2.43. The Balaban J connectivity index is 1.39. The van der Waals surface area contributed by atoms with Gasteiger partial charge < -0.3 is 9.88 Å². The van der Waals surface area contributed by atoms with Crippen LogP contribution < -0.4 is 5.56 Å². The lowest BCUT2D eigenvalue weighted by Gasteiger charge is -2.35. The summed E-state index contributed by atoms with van der Waals surface area (Å²) in [5.41, 5.74) is 3.50. The van der Waals surface area contributed by atoms with Crippen LogP contribution in [0.15, 0.2) is 35.1 Å². The molecular formula is C21H25N3O2. The molecule has 5 heteroatoms. The van der Waals surface area contributed by atoms with Crippen LogP contribution in [-0.2, 0) is 17.6 Å². The molecule has 136 valence electrons. The summed E-state index contributed by atoms with van der Waals surface area (Å²) in [7, 11) is 0. The number of rotatable bonds is 2. The van der Waals surface area contributed by atoms with Crippen LogP contribution in [-0.4, -0.2) is 33.9 Å². The molecule has 1 N–H and O–H groups in total. The Morgan fingerprint density at radius 3 is 2.62 bits per heavy atom. The number of aryl methyl sites for hydroxylation is 2. The summed E-state index contributed by atoms with van der Waals surface area (Å²) in [6.45, 7) is 3.33. The number of hydrogen-bond donors (Lipinski definition) is 1. The number of aromatic amines is 1. The predicted octanol–water partition coefficient (Wildman–Crippen LogP) is 2.59. The Kier molecular flexibility index (Phi) is 4.62. The van der Waals surface area contributed by atoms with E-state index in [4.69, 9.17) is 0 Å². The first-order valence-electron chi connectivity index (χ1n) is 9.53. The average Bonchev–Trinajstić information content (AvgIpc) is 2.66. The summed E-state index contributed by atoms with van der Waals surface area (Å²) in [4.78, 5) is 33.8. The van der Waals surface area contributed by atoms with Crippen molar-refractivity contribution in [2.24, 2.45) is 5.92 Å². The summed E-state index contributed by atoms with van der Waals surface area (Å²) < 4.78 is 0. The minimum Gasteiger partial charge on any atom is -0.342 e. The molecule has 2 aliphatic rings. The largest absolute Gasteiger partial charge is 0.342 e. The van der Waals surface area contributed by atoms with E-state index in [0.717, 1.165) is 50.9 Å². The zero-order chi connectivity index (χ0) is 18.1. The number of nitrogens with one attached hydrogen (secondary N) is 1. The molecule has 1 amide bonds. The van der Waals surface area contributed by atoms with Gasteiger partial charge in [0.25, 0.3) is 5.56 Å². The van der Waals surface area contributed by atoms with E-state index in [9.17, 15) is 9.59 Å². The molecule has 2 aromatic rings. The van der Waals surface area contributed by atoms with Crippen molar-refractivity contribution in [2.45, 2.75) is 44.9 Å². The van der Waals surface area contributed by atoms with Crippen molar-refractivity contribution < 1.29 is 4.79 Å². The van der Waals surface area contributed by atoms with Gasteiger partial charge in [0.2, 0.25) is 5.91 Å². The molecule has 26 heavy (non-hydrogen) atoms. The first-order valence-corrected chi connectivity index (χ1v) is 9.53. The standard InChI is InChI=1S/C21H25N3O2/c1-14-22-19(13-20(25)23-14)16-8-10-24(11-9-16)21(26)18-7-6-15-4-2-3-5-17(15)12-18/h2-5,13,16,18H,6-12H2,1H3,(H,22,23,25). The zero-order valence-corrected chi connectivity index (χ0v) is 15.2. The van der Waals surface area contributed by atoms with E-state index in [-0.39, 0.29) is 17.4 Å². The second kappa shape index (κ2) is 7.06. The Morgan fingerprint density at radius 2 is 1.88 bits per heavy atom. The molecule has 0 bridgehead atoms. The highest BCUT2D eigenvalue weighted by molar-refractivity contribution is 5.79. The molecule has 0 spiro atoms. The lowest BCUT2D eigenvalue weighted by atomic mass is 9.82.